The van der Waals surface area contributed by atoms with Gasteiger partial charge in [-0.25, -0.2) is 0 Å². The Balaban J connectivity index is 0. The first kappa shape index (κ1) is 18.1. The molecule has 0 atom stereocenters. The van der Waals surface area contributed by atoms with E-state index in [1.54, 1.807) is 0 Å². The molecule has 88 valence electrons. The van der Waals surface area contributed by atoms with Gasteiger partial charge in [0.1, 0.15) is 0 Å². The van der Waals surface area contributed by atoms with E-state index in [9.17, 15) is 4.79 Å². The van der Waals surface area contributed by atoms with Crippen LogP contribution in [0.1, 0.15) is 71.1 Å². The molecule has 0 radical (unpaired) electrons. The summed E-state index contributed by atoms with van der Waals surface area (Å²) >= 11 is 0. The van der Waals surface area contributed by atoms with Crippen LogP contribution in [0.4, 0.5) is 0 Å². The molecule has 0 spiro atoms. The molecule has 0 heterocycles. The van der Waals surface area contributed by atoms with E-state index >= 15 is 0 Å². The topological polar surface area (TPSA) is 43.1 Å². The molecule has 0 aromatic heterocycles. The third-order valence-corrected chi connectivity index (χ3v) is 2.53. The molecule has 0 aromatic rings. The molecule has 1 amide bonds. The number of unbranched alkanes of at least 4 members (excludes halogenated alkanes) is 8. The van der Waals surface area contributed by atoms with Crippen molar-refractivity contribution in [3.8, 4) is 0 Å². The van der Waals surface area contributed by atoms with E-state index in [0.29, 0.717) is 6.42 Å². The van der Waals surface area contributed by atoms with E-state index in [-0.39, 0.29) is 43.6 Å². The second-order valence-corrected chi connectivity index (χ2v) is 4.04. The zero-order valence-electron chi connectivity index (χ0n) is 9.56. The van der Waals surface area contributed by atoms with Gasteiger partial charge in [-0.1, -0.05) is 58.3 Å². The van der Waals surface area contributed by atoms with Gasteiger partial charge in [-0.2, -0.15) is 0 Å². The third kappa shape index (κ3) is 17.3. The summed E-state index contributed by atoms with van der Waals surface area (Å²) in [5.74, 6) is -0.159. The van der Waals surface area contributed by atoms with Crippen LogP contribution in [0.5, 0.6) is 0 Å². The monoisotopic (exact) mass is 241 g/mol. The van der Waals surface area contributed by atoms with Gasteiger partial charge in [0.25, 0.3) is 0 Å². The Labute approximate surface area is 124 Å². The van der Waals surface area contributed by atoms with Gasteiger partial charge in [-0.15, -0.1) is 0 Å². The van der Waals surface area contributed by atoms with Crippen molar-refractivity contribution in [2.45, 2.75) is 71.1 Å². The molecule has 2 nitrogen and oxygen atoms in total. The maximum absolute atomic E-state index is 10.4. The number of hydrogen-bond acceptors (Lipinski definition) is 1. The summed E-state index contributed by atoms with van der Waals surface area (Å²) < 4.78 is 0. The summed E-state index contributed by atoms with van der Waals surface area (Å²) in [6.07, 6.45) is 12.1. The first-order valence-corrected chi connectivity index (χ1v) is 6.05. The predicted octanol–water partition coefficient (Wildman–Crippen LogP) is 2.48. The zero-order chi connectivity index (χ0) is 10.6. The molecular formula is C12H27CaNO. The van der Waals surface area contributed by atoms with Crippen LogP contribution in [0.15, 0.2) is 0 Å². The van der Waals surface area contributed by atoms with Crippen molar-refractivity contribution in [1.29, 1.82) is 0 Å². The number of amides is 1. The number of primary amides is 1. The van der Waals surface area contributed by atoms with Gasteiger partial charge in [0.05, 0.1) is 0 Å². The molecule has 0 aliphatic carbocycles. The SMILES string of the molecule is CCCCCCCCCCCC(N)=O.[CaH2]. The van der Waals surface area contributed by atoms with Crippen LogP contribution in [0.2, 0.25) is 0 Å². The van der Waals surface area contributed by atoms with Gasteiger partial charge in [0, 0.05) is 6.42 Å². The third-order valence-electron chi connectivity index (χ3n) is 2.53. The van der Waals surface area contributed by atoms with Crippen molar-refractivity contribution in [1.82, 2.24) is 0 Å². The van der Waals surface area contributed by atoms with Gasteiger partial charge in [0.2, 0.25) is 5.91 Å². The summed E-state index contributed by atoms with van der Waals surface area (Å²) in [6, 6.07) is 0. The average Bonchev–Trinajstić information content (AvgIpc) is 2.15. The number of rotatable bonds is 10. The summed E-state index contributed by atoms with van der Waals surface area (Å²) in [6.45, 7) is 2.24. The molecule has 0 aliphatic heterocycles. The Morgan fingerprint density at radius 3 is 1.67 bits per heavy atom. The minimum absolute atomic E-state index is 0. The summed E-state index contributed by atoms with van der Waals surface area (Å²) in [5, 5.41) is 0. The normalized spacial score (nSPS) is 9.67. The molecule has 3 heteroatoms. The Hall–Kier alpha value is 0.730. The molecule has 0 saturated heterocycles. The van der Waals surface area contributed by atoms with Crippen molar-refractivity contribution in [3.63, 3.8) is 0 Å². The number of nitrogens with two attached hydrogens (primary N) is 1. The Morgan fingerprint density at radius 1 is 0.867 bits per heavy atom. The van der Waals surface area contributed by atoms with Crippen molar-refractivity contribution >= 4 is 43.6 Å². The second-order valence-electron chi connectivity index (χ2n) is 4.04. The fourth-order valence-corrected chi connectivity index (χ4v) is 1.61. The van der Waals surface area contributed by atoms with Crippen LogP contribution in [0.3, 0.4) is 0 Å². The fraction of sp³-hybridized carbons (Fsp3) is 0.917. The van der Waals surface area contributed by atoms with Crippen LogP contribution >= 0.6 is 0 Å². The molecule has 2 N–H and O–H groups in total. The van der Waals surface area contributed by atoms with Crippen molar-refractivity contribution in [2.24, 2.45) is 5.73 Å². The molecule has 0 unspecified atom stereocenters. The number of carbonyl (C=O) groups excluding carboxylic acids is 1. The molecule has 0 saturated carbocycles. The zero-order valence-corrected chi connectivity index (χ0v) is 9.56. The van der Waals surface area contributed by atoms with E-state index in [1.165, 1.54) is 44.9 Å². The molecule has 0 aliphatic rings. The second kappa shape index (κ2) is 14.7. The molecular weight excluding hydrogens is 214 g/mol. The van der Waals surface area contributed by atoms with Crippen LogP contribution in [-0.4, -0.2) is 43.6 Å². The van der Waals surface area contributed by atoms with Crippen molar-refractivity contribution in [3.05, 3.63) is 0 Å². The number of hydrogen-bond donors (Lipinski definition) is 1. The van der Waals surface area contributed by atoms with E-state index in [4.69, 9.17) is 5.73 Å². The molecule has 0 bridgehead atoms. The maximum atomic E-state index is 10.4. The van der Waals surface area contributed by atoms with Crippen LogP contribution in [0, 0.1) is 0 Å². The van der Waals surface area contributed by atoms with Gasteiger partial charge in [-0.3, -0.25) is 4.79 Å². The molecule has 0 fully saturated rings. The predicted molar refractivity (Wildman–Crippen MR) is 69.6 cm³/mol. The Bertz CT molecular complexity index is 140. The first-order chi connectivity index (χ1) is 6.77. The average molecular weight is 241 g/mol. The number of carbonyl (C=O) groups is 1. The van der Waals surface area contributed by atoms with E-state index in [0.717, 1.165) is 12.8 Å². The van der Waals surface area contributed by atoms with Crippen LogP contribution in [-0.2, 0) is 4.79 Å². The quantitative estimate of drug-likeness (QED) is 0.463. The summed E-state index contributed by atoms with van der Waals surface area (Å²) in [7, 11) is 0. The minimum atomic E-state index is -0.159. The van der Waals surface area contributed by atoms with Gasteiger partial charge in [0.15, 0.2) is 0 Å². The molecule has 0 aromatic carbocycles. The summed E-state index contributed by atoms with van der Waals surface area (Å²) in [5.41, 5.74) is 5.05. The van der Waals surface area contributed by atoms with Crippen LogP contribution in [0.25, 0.3) is 0 Å². The van der Waals surface area contributed by atoms with Crippen molar-refractivity contribution < 1.29 is 4.79 Å². The van der Waals surface area contributed by atoms with Crippen LogP contribution < -0.4 is 5.73 Å². The van der Waals surface area contributed by atoms with Gasteiger partial charge >= 0.3 is 37.7 Å². The van der Waals surface area contributed by atoms with Gasteiger partial charge < -0.3 is 5.73 Å². The Morgan fingerprint density at radius 2 is 1.27 bits per heavy atom. The van der Waals surface area contributed by atoms with Crippen molar-refractivity contribution in [2.75, 3.05) is 0 Å². The standard InChI is InChI=1S/C12H25NO.Ca.2H/c1-2-3-4-5-6-7-8-9-10-11-12(13)14;;;/h2-11H2,1H3,(H2,13,14);;;. The fourth-order valence-electron chi connectivity index (χ4n) is 1.61. The van der Waals surface area contributed by atoms with E-state index < -0.39 is 0 Å². The first-order valence-electron chi connectivity index (χ1n) is 6.05. The molecule has 15 heavy (non-hydrogen) atoms. The molecule has 0 rings (SSSR count). The summed E-state index contributed by atoms with van der Waals surface area (Å²) in [4.78, 5) is 10.4. The van der Waals surface area contributed by atoms with E-state index in [2.05, 4.69) is 6.92 Å². The van der Waals surface area contributed by atoms with E-state index in [1.807, 2.05) is 0 Å². The Kier molecular flexibility index (Phi) is 17.8. The van der Waals surface area contributed by atoms with Gasteiger partial charge in [-0.05, 0) is 6.42 Å².